The van der Waals surface area contributed by atoms with Crippen molar-refractivity contribution in [3.63, 3.8) is 0 Å². The number of esters is 1. The molecule has 2 amide bonds. The molecular weight excluding hydrogens is 445 g/mol. The minimum atomic E-state index is -4.53. The van der Waals surface area contributed by atoms with E-state index in [0.717, 1.165) is 23.0 Å². The first kappa shape index (κ1) is 23.4. The van der Waals surface area contributed by atoms with Gasteiger partial charge in [0.15, 0.2) is 12.4 Å². The SMILES string of the molecule is COc1ccccc1C(=O)NC(=O)COC(=O)c1cnn(-c2ccc(C(F)(F)F)cn2)c1C. The van der Waals surface area contributed by atoms with Gasteiger partial charge >= 0.3 is 12.1 Å². The fraction of sp³-hybridized carbons (Fsp3) is 0.190. The highest BCUT2D eigenvalue weighted by atomic mass is 19.4. The van der Waals surface area contributed by atoms with E-state index >= 15 is 0 Å². The van der Waals surface area contributed by atoms with Crippen LogP contribution in [0.2, 0.25) is 0 Å². The van der Waals surface area contributed by atoms with Gasteiger partial charge in [-0.2, -0.15) is 18.3 Å². The van der Waals surface area contributed by atoms with Gasteiger partial charge in [-0.05, 0) is 31.2 Å². The number of imide groups is 1. The second-order valence-corrected chi connectivity index (χ2v) is 6.61. The van der Waals surface area contributed by atoms with Crippen molar-refractivity contribution in [3.05, 3.63) is 71.2 Å². The Morgan fingerprint density at radius 2 is 1.79 bits per heavy atom. The van der Waals surface area contributed by atoms with Crippen LogP contribution in [0, 0.1) is 6.92 Å². The van der Waals surface area contributed by atoms with Crippen molar-refractivity contribution in [1.82, 2.24) is 20.1 Å². The topological polar surface area (TPSA) is 112 Å². The third-order valence-electron chi connectivity index (χ3n) is 4.46. The second-order valence-electron chi connectivity index (χ2n) is 6.61. The number of para-hydroxylation sites is 1. The minimum Gasteiger partial charge on any atom is -0.496 e. The van der Waals surface area contributed by atoms with Gasteiger partial charge in [-0.1, -0.05) is 12.1 Å². The summed E-state index contributed by atoms with van der Waals surface area (Å²) in [6, 6.07) is 8.20. The van der Waals surface area contributed by atoms with Crippen LogP contribution in [-0.4, -0.2) is 46.3 Å². The number of pyridine rings is 1. The first-order chi connectivity index (χ1) is 15.6. The zero-order chi connectivity index (χ0) is 24.2. The van der Waals surface area contributed by atoms with Crippen LogP contribution in [0.1, 0.15) is 32.0 Å². The Bertz CT molecular complexity index is 1190. The van der Waals surface area contributed by atoms with Crippen molar-refractivity contribution in [2.45, 2.75) is 13.1 Å². The van der Waals surface area contributed by atoms with E-state index in [2.05, 4.69) is 15.4 Å². The van der Waals surface area contributed by atoms with E-state index in [4.69, 9.17) is 9.47 Å². The van der Waals surface area contributed by atoms with Crippen LogP contribution in [0.4, 0.5) is 13.2 Å². The van der Waals surface area contributed by atoms with Crippen LogP contribution in [0.15, 0.2) is 48.8 Å². The van der Waals surface area contributed by atoms with Gasteiger partial charge in [-0.3, -0.25) is 14.9 Å². The summed E-state index contributed by atoms with van der Waals surface area (Å²) in [5.74, 6) is -2.19. The summed E-state index contributed by atoms with van der Waals surface area (Å²) < 4.78 is 49.2. The summed E-state index contributed by atoms with van der Waals surface area (Å²) in [6.45, 7) is 0.733. The Morgan fingerprint density at radius 3 is 2.42 bits per heavy atom. The number of amides is 2. The maximum absolute atomic E-state index is 12.7. The number of hydrogen-bond acceptors (Lipinski definition) is 7. The molecule has 1 aromatic carbocycles. The van der Waals surface area contributed by atoms with E-state index in [-0.39, 0.29) is 28.4 Å². The van der Waals surface area contributed by atoms with E-state index in [1.54, 1.807) is 18.2 Å². The molecule has 0 aliphatic rings. The van der Waals surface area contributed by atoms with Gasteiger partial charge in [0.2, 0.25) is 0 Å². The molecular formula is C21H17F3N4O5. The summed E-state index contributed by atoms with van der Waals surface area (Å²) in [6.07, 6.45) is -2.75. The number of nitrogens with one attached hydrogen (secondary N) is 1. The summed E-state index contributed by atoms with van der Waals surface area (Å²) >= 11 is 0. The number of benzene rings is 1. The first-order valence-electron chi connectivity index (χ1n) is 9.34. The number of hydrogen-bond donors (Lipinski definition) is 1. The van der Waals surface area contributed by atoms with Crippen LogP contribution in [0.25, 0.3) is 5.82 Å². The Labute approximate surface area is 185 Å². The first-order valence-corrected chi connectivity index (χ1v) is 9.34. The number of methoxy groups -OCH3 is 1. The lowest BCUT2D eigenvalue weighted by atomic mass is 10.2. The molecule has 0 radical (unpaired) electrons. The predicted molar refractivity (Wildman–Crippen MR) is 107 cm³/mol. The fourth-order valence-corrected chi connectivity index (χ4v) is 2.79. The molecule has 33 heavy (non-hydrogen) atoms. The van der Waals surface area contributed by atoms with Gasteiger partial charge in [0, 0.05) is 6.20 Å². The molecule has 0 unspecified atom stereocenters. The number of ether oxygens (including phenoxy) is 2. The van der Waals surface area contributed by atoms with E-state index in [1.165, 1.54) is 20.1 Å². The average molecular weight is 462 g/mol. The highest BCUT2D eigenvalue weighted by molar-refractivity contribution is 6.07. The maximum atomic E-state index is 12.7. The van der Waals surface area contributed by atoms with E-state index in [0.29, 0.717) is 6.20 Å². The molecule has 12 heteroatoms. The largest absolute Gasteiger partial charge is 0.496 e. The average Bonchev–Trinajstić information content (AvgIpc) is 3.18. The molecule has 3 aromatic rings. The Kier molecular flexibility index (Phi) is 6.75. The molecule has 0 fully saturated rings. The third-order valence-corrected chi connectivity index (χ3v) is 4.46. The van der Waals surface area contributed by atoms with Crippen molar-refractivity contribution >= 4 is 17.8 Å². The van der Waals surface area contributed by atoms with Crippen LogP contribution < -0.4 is 10.1 Å². The number of carbonyl (C=O) groups is 3. The Morgan fingerprint density at radius 1 is 1.06 bits per heavy atom. The van der Waals surface area contributed by atoms with Crippen molar-refractivity contribution in [1.29, 1.82) is 0 Å². The molecule has 0 aliphatic heterocycles. The molecule has 2 heterocycles. The van der Waals surface area contributed by atoms with Gasteiger partial charge in [0.05, 0.1) is 30.1 Å². The zero-order valence-corrected chi connectivity index (χ0v) is 17.3. The van der Waals surface area contributed by atoms with Gasteiger partial charge in [-0.25, -0.2) is 14.5 Å². The lowest BCUT2D eigenvalue weighted by Gasteiger charge is -2.09. The normalized spacial score (nSPS) is 11.1. The molecule has 0 bridgehead atoms. The maximum Gasteiger partial charge on any atom is 0.417 e. The predicted octanol–water partition coefficient (Wildman–Crippen LogP) is 2.72. The van der Waals surface area contributed by atoms with Crippen molar-refractivity contribution in [3.8, 4) is 11.6 Å². The van der Waals surface area contributed by atoms with Crippen LogP contribution in [-0.2, 0) is 15.7 Å². The molecule has 2 aromatic heterocycles. The van der Waals surface area contributed by atoms with Crippen LogP contribution in [0.3, 0.4) is 0 Å². The molecule has 0 spiro atoms. The summed E-state index contributed by atoms with van der Waals surface area (Å²) in [5.41, 5.74) is -0.594. The monoisotopic (exact) mass is 462 g/mol. The number of halogens is 3. The number of nitrogens with zero attached hydrogens (tertiary/aromatic N) is 3. The van der Waals surface area contributed by atoms with E-state index in [9.17, 15) is 27.6 Å². The Hall–Kier alpha value is -4.22. The summed E-state index contributed by atoms with van der Waals surface area (Å²) in [4.78, 5) is 40.3. The third kappa shape index (κ3) is 5.34. The lowest BCUT2D eigenvalue weighted by Crippen LogP contribution is -2.34. The standard InChI is InChI=1S/C21H17F3N4O5/c1-12-15(10-26-28(12)17-8-7-13(9-25-17)21(22,23)24)20(31)33-11-18(29)27-19(30)14-5-3-4-6-16(14)32-2/h3-10H,11H2,1-2H3,(H,27,29,30). The van der Waals surface area contributed by atoms with Gasteiger partial charge in [0.1, 0.15) is 11.3 Å². The summed E-state index contributed by atoms with van der Waals surface area (Å²) in [5, 5.41) is 6.02. The quantitative estimate of drug-likeness (QED) is 0.561. The minimum absolute atomic E-state index is 0.0273. The molecule has 1 N–H and O–H groups in total. The van der Waals surface area contributed by atoms with Crippen LogP contribution in [0.5, 0.6) is 5.75 Å². The van der Waals surface area contributed by atoms with Gasteiger partial charge in [-0.15, -0.1) is 0 Å². The number of aromatic nitrogens is 3. The highest BCUT2D eigenvalue weighted by Crippen LogP contribution is 2.28. The van der Waals surface area contributed by atoms with E-state index < -0.39 is 36.1 Å². The number of carbonyl (C=O) groups excluding carboxylic acids is 3. The molecule has 9 nitrogen and oxygen atoms in total. The molecule has 172 valence electrons. The van der Waals surface area contributed by atoms with Crippen molar-refractivity contribution < 1.29 is 37.0 Å². The number of alkyl halides is 3. The van der Waals surface area contributed by atoms with Gasteiger partial charge in [0.25, 0.3) is 11.8 Å². The van der Waals surface area contributed by atoms with Crippen molar-refractivity contribution in [2.24, 2.45) is 0 Å². The van der Waals surface area contributed by atoms with Gasteiger partial charge < -0.3 is 9.47 Å². The highest BCUT2D eigenvalue weighted by Gasteiger charge is 2.31. The molecule has 0 atom stereocenters. The second kappa shape index (κ2) is 9.51. The molecule has 0 saturated heterocycles. The molecule has 0 aliphatic carbocycles. The zero-order valence-electron chi connectivity index (χ0n) is 17.3. The lowest BCUT2D eigenvalue weighted by molar-refractivity contribution is -0.137. The smallest absolute Gasteiger partial charge is 0.417 e. The molecule has 3 rings (SSSR count). The molecule has 0 saturated carbocycles. The van der Waals surface area contributed by atoms with Crippen LogP contribution >= 0.6 is 0 Å². The Balaban J connectivity index is 1.63. The van der Waals surface area contributed by atoms with Crippen molar-refractivity contribution in [2.75, 3.05) is 13.7 Å². The fourth-order valence-electron chi connectivity index (χ4n) is 2.79. The summed E-state index contributed by atoms with van der Waals surface area (Å²) in [7, 11) is 1.37. The van der Waals surface area contributed by atoms with E-state index in [1.807, 2.05) is 0 Å². The number of rotatable bonds is 6.